The van der Waals surface area contributed by atoms with E-state index in [1.54, 1.807) is 28.8 Å². The topological polar surface area (TPSA) is 80.3 Å². The Labute approximate surface area is 145 Å². The number of aromatic nitrogens is 4. The molecule has 1 aliphatic rings. The molecule has 2 aromatic rings. The molecular formula is C16H23FN6O2. The number of hydrogen-bond acceptors (Lipinski definition) is 7. The minimum Gasteiger partial charge on any atom is -0.354 e. The van der Waals surface area contributed by atoms with Crippen molar-refractivity contribution in [2.75, 3.05) is 25.0 Å². The number of aryl methyl sites for hydroxylation is 2. The largest absolute Gasteiger partial charge is 0.354 e. The zero-order valence-electron chi connectivity index (χ0n) is 14.7. The molecule has 0 unspecified atom stereocenters. The van der Waals surface area contributed by atoms with Crippen molar-refractivity contribution in [2.45, 2.75) is 45.6 Å². The lowest BCUT2D eigenvalue weighted by Gasteiger charge is -2.27. The van der Waals surface area contributed by atoms with Gasteiger partial charge in [0.25, 0.3) is 5.56 Å². The molecule has 2 atom stereocenters. The fraction of sp³-hybridized carbons (Fsp3) is 0.625. The Morgan fingerprint density at radius 3 is 2.96 bits per heavy atom. The van der Waals surface area contributed by atoms with E-state index in [2.05, 4.69) is 15.1 Å². The zero-order chi connectivity index (χ0) is 18.0. The van der Waals surface area contributed by atoms with Crippen molar-refractivity contribution in [2.24, 2.45) is 0 Å². The van der Waals surface area contributed by atoms with E-state index in [-0.39, 0.29) is 11.6 Å². The Morgan fingerprint density at radius 2 is 2.28 bits per heavy atom. The van der Waals surface area contributed by atoms with E-state index in [1.807, 2.05) is 18.9 Å². The molecule has 0 aromatic carbocycles. The van der Waals surface area contributed by atoms with Crippen LogP contribution in [0.4, 0.5) is 10.2 Å². The van der Waals surface area contributed by atoms with Crippen LogP contribution in [0.25, 0.3) is 0 Å². The molecule has 1 fully saturated rings. The predicted molar refractivity (Wildman–Crippen MR) is 90.2 cm³/mol. The third-order valence-corrected chi connectivity index (χ3v) is 4.47. The normalized spacial score (nSPS) is 21.0. The minimum absolute atomic E-state index is 0.0460. The summed E-state index contributed by atoms with van der Waals surface area (Å²) >= 11 is 0. The maximum absolute atomic E-state index is 14.0. The van der Waals surface area contributed by atoms with Gasteiger partial charge in [0.15, 0.2) is 11.6 Å². The zero-order valence-corrected chi connectivity index (χ0v) is 14.7. The molecule has 25 heavy (non-hydrogen) atoms. The molecule has 0 aliphatic carbocycles. The summed E-state index contributed by atoms with van der Waals surface area (Å²) in [5, 5.41) is 3.88. The van der Waals surface area contributed by atoms with Crippen molar-refractivity contribution in [3.63, 3.8) is 0 Å². The van der Waals surface area contributed by atoms with Crippen LogP contribution in [-0.4, -0.2) is 56.9 Å². The molecule has 3 heterocycles. The number of halogens is 1. The van der Waals surface area contributed by atoms with Crippen LogP contribution in [0.15, 0.2) is 21.7 Å². The maximum Gasteiger partial charge on any atom is 0.293 e. The SMILES string of the molecule is CCn1ccnc(N(C)C[C@@H]2C[C@H](F)CN2Cc2noc(C)n2)c1=O. The van der Waals surface area contributed by atoms with Gasteiger partial charge in [-0.25, -0.2) is 9.37 Å². The first kappa shape index (κ1) is 17.5. The summed E-state index contributed by atoms with van der Waals surface area (Å²) in [5.41, 5.74) is -0.136. The summed E-state index contributed by atoms with van der Waals surface area (Å²) in [7, 11) is 1.81. The third kappa shape index (κ3) is 3.87. The molecule has 0 amide bonds. The lowest BCUT2D eigenvalue weighted by atomic mass is 10.2. The molecule has 0 N–H and O–H groups in total. The van der Waals surface area contributed by atoms with Gasteiger partial charge in [0.2, 0.25) is 5.89 Å². The van der Waals surface area contributed by atoms with Crippen LogP contribution in [0.5, 0.6) is 0 Å². The third-order valence-electron chi connectivity index (χ3n) is 4.47. The summed E-state index contributed by atoms with van der Waals surface area (Å²) in [6.07, 6.45) is 2.79. The molecule has 1 saturated heterocycles. The highest BCUT2D eigenvalue weighted by molar-refractivity contribution is 5.34. The van der Waals surface area contributed by atoms with E-state index < -0.39 is 6.17 Å². The summed E-state index contributed by atoms with van der Waals surface area (Å²) in [4.78, 5) is 24.6. The van der Waals surface area contributed by atoms with Gasteiger partial charge in [-0.2, -0.15) is 4.98 Å². The number of rotatable bonds is 6. The quantitative estimate of drug-likeness (QED) is 0.769. The van der Waals surface area contributed by atoms with Crippen LogP contribution in [0.3, 0.4) is 0 Å². The standard InChI is InChI=1S/C16H23FN6O2/c1-4-22-6-5-18-15(16(22)24)21(3)9-13-7-12(17)8-23(13)10-14-19-11(2)25-20-14/h5-6,12-13H,4,7-10H2,1-3H3/t12-,13-/m0/s1. The first-order valence-electron chi connectivity index (χ1n) is 8.41. The van der Waals surface area contributed by atoms with Crippen LogP contribution in [-0.2, 0) is 13.1 Å². The van der Waals surface area contributed by atoms with E-state index in [0.717, 1.165) is 0 Å². The predicted octanol–water partition coefficient (Wildman–Crippen LogP) is 1.00. The van der Waals surface area contributed by atoms with E-state index in [4.69, 9.17) is 4.52 Å². The molecule has 9 heteroatoms. The van der Waals surface area contributed by atoms with Gasteiger partial charge in [-0.05, 0) is 13.3 Å². The molecule has 0 spiro atoms. The van der Waals surface area contributed by atoms with Crippen molar-refractivity contribution in [1.29, 1.82) is 0 Å². The minimum atomic E-state index is -0.901. The van der Waals surface area contributed by atoms with Gasteiger partial charge in [0, 0.05) is 52.0 Å². The number of nitrogens with zero attached hydrogens (tertiary/aromatic N) is 6. The van der Waals surface area contributed by atoms with Gasteiger partial charge < -0.3 is 14.0 Å². The van der Waals surface area contributed by atoms with E-state index >= 15 is 0 Å². The average molecular weight is 350 g/mol. The van der Waals surface area contributed by atoms with Crippen LogP contribution in [0.1, 0.15) is 25.1 Å². The molecule has 2 aromatic heterocycles. The Bertz CT molecular complexity index is 776. The van der Waals surface area contributed by atoms with Gasteiger partial charge in [0.05, 0.1) is 6.54 Å². The number of hydrogen-bond donors (Lipinski definition) is 0. The maximum atomic E-state index is 14.0. The van der Waals surface area contributed by atoms with E-state index in [1.165, 1.54) is 0 Å². The molecular weight excluding hydrogens is 327 g/mol. The smallest absolute Gasteiger partial charge is 0.293 e. The number of alkyl halides is 1. The van der Waals surface area contributed by atoms with Gasteiger partial charge in [0.1, 0.15) is 6.17 Å². The van der Waals surface area contributed by atoms with E-state index in [0.29, 0.717) is 50.1 Å². The first-order valence-corrected chi connectivity index (χ1v) is 8.41. The summed E-state index contributed by atoms with van der Waals surface area (Å²) in [5.74, 6) is 1.42. The molecule has 0 saturated carbocycles. The monoisotopic (exact) mass is 350 g/mol. The highest BCUT2D eigenvalue weighted by Crippen LogP contribution is 2.23. The lowest BCUT2D eigenvalue weighted by Crippen LogP contribution is -2.41. The number of anilines is 1. The molecule has 0 radical (unpaired) electrons. The number of likely N-dealkylation sites (tertiary alicyclic amines) is 1. The average Bonchev–Trinajstić information content (AvgIpc) is 3.13. The van der Waals surface area contributed by atoms with Gasteiger partial charge >= 0.3 is 0 Å². The summed E-state index contributed by atoms with van der Waals surface area (Å²) in [6, 6.07) is -0.0460. The Balaban J connectivity index is 1.72. The van der Waals surface area contributed by atoms with Crippen LogP contribution < -0.4 is 10.5 Å². The molecule has 3 rings (SSSR count). The summed E-state index contributed by atoms with van der Waals surface area (Å²) < 4.78 is 20.6. The van der Waals surface area contributed by atoms with Crippen molar-refractivity contribution in [1.82, 2.24) is 24.6 Å². The van der Waals surface area contributed by atoms with Gasteiger partial charge in [-0.15, -0.1) is 0 Å². The highest BCUT2D eigenvalue weighted by atomic mass is 19.1. The van der Waals surface area contributed by atoms with Crippen molar-refractivity contribution in [3.05, 3.63) is 34.5 Å². The van der Waals surface area contributed by atoms with Gasteiger partial charge in [-0.3, -0.25) is 9.69 Å². The Kier molecular flexibility index (Phi) is 5.12. The highest BCUT2D eigenvalue weighted by Gasteiger charge is 2.34. The van der Waals surface area contributed by atoms with Crippen molar-refractivity contribution in [3.8, 4) is 0 Å². The number of likely N-dealkylation sites (N-methyl/N-ethyl adjacent to an activating group) is 1. The Morgan fingerprint density at radius 1 is 1.48 bits per heavy atom. The lowest BCUT2D eigenvalue weighted by molar-refractivity contribution is 0.228. The fourth-order valence-corrected chi connectivity index (χ4v) is 3.24. The van der Waals surface area contributed by atoms with Crippen molar-refractivity contribution < 1.29 is 8.91 Å². The molecule has 1 aliphatic heterocycles. The first-order chi connectivity index (χ1) is 12.0. The van der Waals surface area contributed by atoms with Crippen molar-refractivity contribution >= 4 is 5.82 Å². The van der Waals surface area contributed by atoms with Crippen LogP contribution in [0, 0.1) is 6.92 Å². The summed E-state index contributed by atoms with van der Waals surface area (Å²) in [6.45, 7) is 5.48. The molecule has 0 bridgehead atoms. The van der Waals surface area contributed by atoms with Crippen LogP contribution in [0.2, 0.25) is 0 Å². The molecule has 8 nitrogen and oxygen atoms in total. The van der Waals surface area contributed by atoms with E-state index in [9.17, 15) is 9.18 Å². The second-order valence-corrected chi connectivity index (χ2v) is 6.37. The van der Waals surface area contributed by atoms with Crippen LogP contribution >= 0.6 is 0 Å². The fourth-order valence-electron chi connectivity index (χ4n) is 3.24. The second-order valence-electron chi connectivity index (χ2n) is 6.37. The second kappa shape index (κ2) is 7.30. The Hall–Kier alpha value is -2.29. The van der Waals surface area contributed by atoms with Gasteiger partial charge in [-0.1, -0.05) is 5.16 Å². The molecule has 136 valence electrons.